The summed E-state index contributed by atoms with van der Waals surface area (Å²) >= 11 is 0. The molecule has 0 saturated heterocycles. The van der Waals surface area contributed by atoms with E-state index in [9.17, 15) is 9.18 Å². The van der Waals surface area contributed by atoms with Crippen LogP contribution in [0, 0.1) is 5.82 Å². The number of carbonyl (C=O) groups excluding carboxylic acids is 1. The van der Waals surface area contributed by atoms with Crippen molar-refractivity contribution in [2.24, 2.45) is 5.73 Å². The Bertz CT molecular complexity index is 878. The molecule has 3 aromatic rings. The number of amides is 1. The fourth-order valence-electron chi connectivity index (χ4n) is 2.37. The number of carbonyl (C=O) groups is 1. The second-order valence-electron chi connectivity index (χ2n) is 5.26. The Hall–Kier alpha value is -3.33. The predicted molar refractivity (Wildman–Crippen MR) is 90.2 cm³/mol. The van der Waals surface area contributed by atoms with Crippen LogP contribution in [0.4, 0.5) is 15.9 Å². The summed E-state index contributed by atoms with van der Waals surface area (Å²) in [6.07, 6.45) is 5.90. The molecule has 5 N–H and O–H groups in total. The number of benzene rings is 1. The van der Waals surface area contributed by atoms with Crippen LogP contribution in [-0.4, -0.2) is 32.2 Å². The molecule has 2 heterocycles. The van der Waals surface area contributed by atoms with E-state index in [4.69, 9.17) is 11.5 Å². The van der Waals surface area contributed by atoms with Crippen LogP contribution in [0.15, 0.2) is 49.1 Å². The van der Waals surface area contributed by atoms with Crippen molar-refractivity contribution in [3.8, 4) is 0 Å². The van der Waals surface area contributed by atoms with Gasteiger partial charge in [0, 0.05) is 25.1 Å². The average Bonchev–Trinajstić information content (AvgIpc) is 3.05. The summed E-state index contributed by atoms with van der Waals surface area (Å²) in [7, 11) is 0. The Labute approximate surface area is 142 Å². The van der Waals surface area contributed by atoms with Gasteiger partial charge in [-0.1, -0.05) is 12.1 Å². The maximum Gasteiger partial charge on any atom is 0.278 e. The molecule has 3 rings (SSSR count). The number of rotatable bonds is 5. The fourth-order valence-corrected chi connectivity index (χ4v) is 2.37. The molecule has 25 heavy (non-hydrogen) atoms. The molecule has 0 aliphatic carbocycles. The molecule has 1 aromatic carbocycles. The lowest BCUT2D eigenvalue weighted by atomic mass is 10.1. The first-order chi connectivity index (χ1) is 12.1. The van der Waals surface area contributed by atoms with Gasteiger partial charge in [0.25, 0.3) is 5.91 Å². The van der Waals surface area contributed by atoms with Crippen molar-refractivity contribution in [3.63, 3.8) is 0 Å². The SMILES string of the molecule is NCC(c1ccc(F)cc1)n1cc(NC(=O)c2nccnc2N)cn1. The van der Waals surface area contributed by atoms with Crippen LogP contribution in [-0.2, 0) is 0 Å². The topological polar surface area (TPSA) is 125 Å². The minimum Gasteiger partial charge on any atom is -0.382 e. The fraction of sp³-hybridized carbons (Fsp3) is 0.125. The summed E-state index contributed by atoms with van der Waals surface area (Å²) in [5.41, 5.74) is 12.7. The molecule has 1 atom stereocenters. The van der Waals surface area contributed by atoms with Crippen LogP contribution >= 0.6 is 0 Å². The summed E-state index contributed by atoms with van der Waals surface area (Å²) in [6.45, 7) is 0.262. The molecular weight excluding hydrogens is 325 g/mol. The first-order valence-corrected chi connectivity index (χ1v) is 7.46. The first kappa shape index (κ1) is 16.5. The molecule has 0 bridgehead atoms. The highest BCUT2D eigenvalue weighted by molar-refractivity contribution is 6.05. The van der Waals surface area contributed by atoms with Gasteiger partial charge in [-0.15, -0.1) is 0 Å². The van der Waals surface area contributed by atoms with Crippen molar-refractivity contribution in [3.05, 3.63) is 66.1 Å². The van der Waals surface area contributed by atoms with Crippen molar-refractivity contribution in [1.82, 2.24) is 19.7 Å². The van der Waals surface area contributed by atoms with E-state index in [0.29, 0.717) is 5.69 Å². The summed E-state index contributed by atoms with van der Waals surface area (Å²) in [4.78, 5) is 19.9. The zero-order valence-corrected chi connectivity index (χ0v) is 13.1. The number of hydrogen-bond donors (Lipinski definition) is 3. The van der Waals surface area contributed by atoms with E-state index < -0.39 is 5.91 Å². The number of nitrogens with one attached hydrogen (secondary N) is 1. The number of nitrogen functional groups attached to an aromatic ring is 1. The summed E-state index contributed by atoms with van der Waals surface area (Å²) in [5, 5.41) is 6.87. The van der Waals surface area contributed by atoms with E-state index in [1.54, 1.807) is 23.0 Å². The van der Waals surface area contributed by atoms with Gasteiger partial charge in [-0.2, -0.15) is 5.10 Å². The van der Waals surface area contributed by atoms with E-state index in [-0.39, 0.29) is 29.9 Å². The molecule has 8 nitrogen and oxygen atoms in total. The lowest BCUT2D eigenvalue weighted by molar-refractivity contribution is 0.102. The normalized spacial score (nSPS) is 11.9. The number of hydrogen-bond acceptors (Lipinski definition) is 6. The van der Waals surface area contributed by atoms with E-state index >= 15 is 0 Å². The van der Waals surface area contributed by atoms with Gasteiger partial charge in [-0.3, -0.25) is 9.48 Å². The third-order valence-electron chi connectivity index (χ3n) is 3.60. The minimum absolute atomic E-state index is 0.0316. The van der Waals surface area contributed by atoms with Gasteiger partial charge in [0.05, 0.1) is 17.9 Å². The number of nitrogens with zero attached hydrogens (tertiary/aromatic N) is 4. The van der Waals surface area contributed by atoms with Crippen molar-refractivity contribution in [1.29, 1.82) is 0 Å². The Morgan fingerprint density at radius 2 is 1.96 bits per heavy atom. The maximum absolute atomic E-state index is 13.1. The Morgan fingerprint density at radius 1 is 1.24 bits per heavy atom. The monoisotopic (exact) mass is 341 g/mol. The van der Waals surface area contributed by atoms with Crippen molar-refractivity contribution < 1.29 is 9.18 Å². The number of anilines is 2. The average molecular weight is 341 g/mol. The van der Waals surface area contributed by atoms with Crippen molar-refractivity contribution in [2.45, 2.75) is 6.04 Å². The molecule has 1 unspecified atom stereocenters. The molecule has 9 heteroatoms. The van der Waals surface area contributed by atoms with Crippen LogP contribution in [0.3, 0.4) is 0 Å². The van der Waals surface area contributed by atoms with Gasteiger partial charge in [0.2, 0.25) is 0 Å². The van der Waals surface area contributed by atoms with E-state index in [0.717, 1.165) is 5.56 Å². The van der Waals surface area contributed by atoms with Gasteiger partial charge in [0.15, 0.2) is 11.5 Å². The first-order valence-electron chi connectivity index (χ1n) is 7.46. The lowest BCUT2D eigenvalue weighted by Gasteiger charge is -2.15. The molecular formula is C16H16FN7O. The van der Waals surface area contributed by atoms with Gasteiger partial charge in [0.1, 0.15) is 5.82 Å². The van der Waals surface area contributed by atoms with E-state index in [2.05, 4.69) is 20.4 Å². The second kappa shape index (κ2) is 7.05. The van der Waals surface area contributed by atoms with Gasteiger partial charge >= 0.3 is 0 Å². The molecule has 0 aliphatic rings. The van der Waals surface area contributed by atoms with Gasteiger partial charge in [-0.05, 0) is 17.7 Å². The molecule has 0 radical (unpaired) electrons. The number of aromatic nitrogens is 4. The smallest absolute Gasteiger partial charge is 0.278 e. The van der Waals surface area contributed by atoms with Crippen LogP contribution in [0.25, 0.3) is 0 Å². The molecule has 1 amide bonds. The third kappa shape index (κ3) is 3.61. The van der Waals surface area contributed by atoms with Gasteiger partial charge in [-0.25, -0.2) is 14.4 Å². The largest absolute Gasteiger partial charge is 0.382 e. The molecule has 2 aromatic heterocycles. The highest BCUT2D eigenvalue weighted by atomic mass is 19.1. The van der Waals surface area contributed by atoms with Gasteiger partial charge < -0.3 is 16.8 Å². The van der Waals surface area contributed by atoms with Crippen molar-refractivity contribution >= 4 is 17.4 Å². The minimum atomic E-state index is -0.490. The molecule has 0 fully saturated rings. The zero-order valence-electron chi connectivity index (χ0n) is 13.1. The maximum atomic E-state index is 13.1. The summed E-state index contributed by atoms with van der Waals surface area (Å²) in [6, 6.07) is 5.73. The van der Waals surface area contributed by atoms with E-state index in [1.165, 1.54) is 30.7 Å². The van der Waals surface area contributed by atoms with Crippen molar-refractivity contribution in [2.75, 3.05) is 17.6 Å². The standard InChI is InChI=1S/C16H16FN7O/c17-11-3-1-10(2-4-11)13(7-18)24-9-12(8-22-24)23-16(25)14-15(19)21-6-5-20-14/h1-6,8-9,13H,7,18H2,(H2,19,21)(H,23,25). The molecule has 0 spiro atoms. The quantitative estimate of drug-likeness (QED) is 0.640. The molecule has 0 aliphatic heterocycles. The third-order valence-corrected chi connectivity index (χ3v) is 3.60. The van der Waals surface area contributed by atoms with Crippen LogP contribution in [0.2, 0.25) is 0 Å². The number of halogens is 1. The summed E-state index contributed by atoms with van der Waals surface area (Å²) in [5.74, 6) is -0.774. The predicted octanol–water partition coefficient (Wildman–Crippen LogP) is 1.19. The molecule has 0 saturated carbocycles. The van der Waals surface area contributed by atoms with E-state index in [1.807, 2.05) is 0 Å². The zero-order chi connectivity index (χ0) is 17.8. The lowest BCUT2D eigenvalue weighted by Crippen LogP contribution is -2.21. The summed E-state index contributed by atoms with van der Waals surface area (Å²) < 4.78 is 14.7. The molecule has 128 valence electrons. The Morgan fingerprint density at radius 3 is 2.64 bits per heavy atom. The highest BCUT2D eigenvalue weighted by Gasteiger charge is 2.16. The highest BCUT2D eigenvalue weighted by Crippen LogP contribution is 2.19. The second-order valence-corrected chi connectivity index (χ2v) is 5.26. The van der Waals surface area contributed by atoms with Crippen LogP contribution in [0.1, 0.15) is 22.1 Å². The van der Waals surface area contributed by atoms with Crippen LogP contribution < -0.4 is 16.8 Å². The van der Waals surface area contributed by atoms with Crippen LogP contribution in [0.5, 0.6) is 0 Å². The Kier molecular flexibility index (Phi) is 4.66. The Balaban J connectivity index is 1.78. The number of nitrogens with two attached hydrogens (primary N) is 2.